The molecule has 34 heavy (non-hydrogen) atoms. The van der Waals surface area contributed by atoms with E-state index in [0.29, 0.717) is 20.3 Å². The number of ether oxygens (including phenoxy) is 1. The molecule has 4 aromatic carbocycles. The van der Waals surface area contributed by atoms with E-state index in [0.717, 1.165) is 21.9 Å². The lowest BCUT2D eigenvalue weighted by Crippen LogP contribution is -2.17. The van der Waals surface area contributed by atoms with Crippen molar-refractivity contribution in [3.05, 3.63) is 115 Å². The standard InChI is InChI=1S/C25H17Br2N3O4/c26-22-12-17(13-23(27)24(22)34-15-16-8-10-19(11-9-16)30(32)33)14-28-29-25(31)21-7-3-5-18-4-1-2-6-20(18)21/h1-14H,15H2,(H,29,31)/b28-14-. The third kappa shape index (κ3) is 5.49. The van der Waals surface area contributed by atoms with Gasteiger partial charge in [-0.15, -0.1) is 0 Å². The molecule has 4 aromatic rings. The topological polar surface area (TPSA) is 93.8 Å². The van der Waals surface area contributed by atoms with E-state index >= 15 is 0 Å². The van der Waals surface area contributed by atoms with E-state index < -0.39 is 4.92 Å². The molecule has 7 nitrogen and oxygen atoms in total. The maximum atomic E-state index is 12.6. The highest BCUT2D eigenvalue weighted by molar-refractivity contribution is 9.11. The summed E-state index contributed by atoms with van der Waals surface area (Å²) in [5, 5.41) is 16.7. The number of non-ortho nitro benzene ring substituents is 1. The highest BCUT2D eigenvalue weighted by Crippen LogP contribution is 2.35. The number of hydrogen-bond acceptors (Lipinski definition) is 5. The van der Waals surface area contributed by atoms with Crippen molar-refractivity contribution >= 4 is 60.4 Å². The second kappa shape index (κ2) is 10.6. The number of amides is 1. The van der Waals surface area contributed by atoms with Crippen molar-refractivity contribution in [2.45, 2.75) is 6.61 Å². The van der Waals surface area contributed by atoms with Gasteiger partial charge in [-0.3, -0.25) is 14.9 Å². The minimum atomic E-state index is -0.442. The second-order valence-electron chi connectivity index (χ2n) is 7.25. The van der Waals surface area contributed by atoms with Gasteiger partial charge in [0.2, 0.25) is 0 Å². The summed E-state index contributed by atoms with van der Waals surface area (Å²) in [5.74, 6) is 0.282. The Balaban J connectivity index is 1.42. The van der Waals surface area contributed by atoms with Gasteiger partial charge in [-0.1, -0.05) is 36.4 Å². The van der Waals surface area contributed by atoms with E-state index in [9.17, 15) is 14.9 Å². The Morgan fingerprint density at radius 3 is 2.38 bits per heavy atom. The first-order valence-corrected chi connectivity index (χ1v) is 11.7. The molecule has 4 rings (SSSR count). The maximum Gasteiger partial charge on any atom is 0.271 e. The van der Waals surface area contributed by atoms with Gasteiger partial charge in [0.1, 0.15) is 12.4 Å². The number of nitro groups is 1. The Morgan fingerprint density at radius 1 is 1.00 bits per heavy atom. The van der Waals surface area contributed by atoms with E-state index in [1.165, 1.54) is 12.1 Å². The molecule has 0 fully saturated rings. The van der Waals surface area contributed by atoms with Gasteiger partial charge in [-0.25, -0.2) is 5.43 Å². The summed E-state index contributed by atoms with van der Waals surface area (Å²) in [5.41, 5.74) is 4.68. The molecule has 9 heteroatoms. The van der Waals surface area contributed by atoms with Gasteiger partial charge < -0.3 is 4.74 Å². The predicted molar refractivity (Wildman–Crippen MR) is 138 cm³/mol. The molecule has 0 aliphatic rings. The molecule has 1 N–H and O–H groups in total. The Hall–Kier alpha value is -3.56. The molecule has 0 aliphatic carbocycles. The Bertz CT molecular complexity index is 1380. The predicted octanol–water partition coefficient (Wildman–Crippen LogP) is 6.62. The third-order valence-electron chi connectivity index (χ3n) is 4.96. The summed E-state index contributed by atoms with van der Waals surface area (Å²) in [4.78, 5) is 23.0. The number of fused-ring (bicyclic) bond motifs is 1. The minimum Gasteiger partial charge on any atom is -0.487 e. The van der Waals surface area contributed by atoms with Crippen LogP contribution in [0.5, 0.6) is 5.75 Å². The summed E-state index contributed by atoms with van der Waals surface area (Å²) in [7, 11) is 0. The molecular formula is C25H17Br2N3O4. The first-order valence-electron chi connectivity index (χ1n) is 10.1. The number of nitrogens with zero attached hydrogens (tertiary/aromatic N) is 2. The summed E-state index contributed by atoms with van der Waals surface area (Å²) in [6.45, 7) is 0.240. The van der Waals surface area contributed by atoms with Crippen LogP contribution in [0.15, 0.2) is 92.9 Å². The monoisotopic (exact) mass is 581 g/mol. The number of halogens is 2. The van der Waals surface area contributed by atoms with E-state index in [-0.39, 0.29) is 18.2 Å². The van der Waals surface area contributed by atoms with Gasteiger partial charge in [0.05, 0.1) is 20.1 Å². The molecule has 0 atom stereocenters. The molecule has 0 aromatic heterocycles. The highest BCUT2D eigenvalue weighted by atomic mass is 79.9. The molecule has 0 heterocycles. The van der Waals surface area contributed by atoms with E-state index in [1.54, 1.807) is 24.4 Å². The van der Waals surface area contributed by atoms with Crippen LogP contribution in [0, 0.1) is 10.1 Å². The van der Waals surface area contributed by atoms with Crippen LogP contribution in [0.4, 0.5) is 5.69 Å². The summed E-state index contributed by atoms with van der Waals surface area (Å²) < 4.78 is 7.24. The van der Waals surface area contributed by atoms with E-state index in [4.69, 9.17) is 4.74 Å². The minimum absolute atomic E-state index is 0.0299. The lowest BCUT2D eigenvalue weighted by Gasteiger charge is -2.11. The fourth-order valence-electron chi connectivity index (χ4n) is 3.31. The van der Waals surface area contributed by atoms with Crippen LogP contribution in [0.1, 0.15) is 21.5 Å². The van der Waals surface area contributed by atoms with Crippen LogP contribution in [0.3, 0.4) is 0 Å². The van der Waals surface area contributed by atoms with Crippen LogP contribution >= 0.6 is 31.9 Å². The quantitative estimate of drug-likeness (QED) is 0.151. The molecular weight excluding hydrogens is 566 g/mol. The Morgan fingerprint density at radius 2 is 1.68 bits per heavy atom. The van der Waals surface area contributed by atoms with E-state index in [2.05, 4.69) is 42.4 Å². The van der Waals surface area contributed by atoms with Gasteiger partial charge in [-0.2, -0.15) is 5.10 Å². The molecule has 1 amide bonds. The van der Waals surface area contributed by atoms with Crippen LogP contribution in [-0.2, 0) is 6.61 Å². The molecule has 0 saturated carbocycles. The van der Waals surface area contributed by atoms with Crippen molar-refractivity contribution in [3.8, 4) is 5.75 Å². The van der Waals surface area contributed by atoms with Gasteiger partial charge in [0, 0.05) is 17.7 Å². The number of carbonyl (C=O) groups is 1. The van der Waals surface area contributed by atoms with Gasteiger partial charge >= 0.3 is 0 Å². The van der Waals surface area contributed by atoms with Gasteiger partial charge in [0.25, 0.3) is 11.6 Å². The Labute approximate surface area is 211 Å². The van der Waals surface area contributed by atoms with Crippen molar-refractivity contribution in [3.63, 3.8) is 0 Å². The molecule has 0 bridgehead atoms. The van der Waals surface area contributed by atoms with Crippen molar-refractivity contribution in [1.29, 1.82) is 0 Å². The first-order chi connectivity index (χ1) is 16.4. The number of nitro benzene ring substituents is 1. The zero-order chi connectivity index (χ0) is 24.1. The lowest BCUT2D eigenvalue weighted by atomic mass is 10.0. The largest absolute Gasteiger partial charge is 0.487 e. The van der Waals surface area contributed by atoms with Crippen LogP contribution in [-0.4, -0.2) is 17.0 Å². The average Bonchev–Trinajstić information content (AvgIpc) is 2.83. The van der Waals surface area contributed by atoms with Crippen molar-refractivity contribution in [2.75, 3.05) is 0 Å². The van der Waals surface area contributed by atoms with Crippen molar-refractivity contribution < 1.29 is 14.5 Å². The van der Waals surface area contributed by atoms with Crippen LogP contribution < -0.4 is 10.2 Å². The molecule has 170 valence electrons. The molecule has 0 unspecified atom stereocenters. The van der Waals surface area contributed by atoms with Gasteiger partial charge in [-0.05, 0) is 84.1 Å². The lowest BCUT2D eigenvalue weighted by molar-refractivity contribution is -0.384. The number of hydrogen-bond donors (Lipinski definition) is 1. The SMILES string of the molecule is O=C(N/N=C\c1cc(Br)c(OCc2ccc([N+](=O)[O-])cc2)c(Br)c1)c1cccc2ccccc12. The van der Waals surface area contributed by atoms with E-state index in [1.807, 2.05) is 48.5 Å². The number of carbonyl (C=O) groups excluding carboxylic acids is 1. The average molecular weight is 583 g/mol. The smallest absolute Gasteiger partial charge is 0.271 e. The third-order valence-corrected chi connectivity index (χ3v) is 6.14. The molecule has 0 radical (unpaired) electrons. The Kier molecular flexibility index (Phi) is 7.34. The molecule has 0 aliphatic heterocycles. The number of rotatable bonds is 7. The van der Waals surface area contributed by atoms with Crippen molar-refractivity contribution in [2.24, 2.45) is 5.10 Å². The van der Waals surface area contributed by atoms with Gasteiger partial charge in [0.15, 0.2) is 0 Å². The number of nitrogens with one attached hydrogen (secondary N) is 1. The zero-order valence-electron chi connectivity index (χ0n) is 17.6. The second-order valence-corrected chi connectivity index (χ2v) is 8.96. The molecule has 0 spiro atoms. The highest BCUT2D eigenvalue weighted by Gasteiger charge is 2.11. The fourth-order valence-corrected chi connectivity index (χ4v) is 4.76. The number of benzene rings is 4. The normalized spacial score (nSPS) is 11.0. The zero-order valence-corrected chi connectivity index (χ0v) is 20.7. The number of hydrazone groups is 1. The fraction of sp³-hybridized carbons (Fsp3) is 0.0400. The summed E-state index contributed by atoms with van der Waals surface area (Å²) >= 11 is 6.99. The summed E-state index contributed by atoms with van der Waals surface area (Å²) in [6.07, 6.45) is 1.54. The van der Waals surface area contributed by atoms with Crippen LogP contribution in [0.25, 0.3) is 10.8 Å². The summed E-state index contributed by atoms with van der Waals surface area (Å²) in [6, 6.07) is 23.0. The maximum absolute atomic E-state index is 12.6. The van der Waals surface area contributed by atoms with Crippen LogP contribution in [0.2, 0.25) is 0 Å². The first kappa shape index (κ1) is 23.6. The molecule has 0 saturated heterocycles. The van der Waals surface area contributed by atoms with Crippen molar-refractivity contribution in [1.82, 2.24) is 5.43 Å².